The van der Waals surface area contributed by atoms with Gasteiger partial charge < -0.3 is 21.1 Å². The molecule has 0 aromatic heterocycles. The van der Waals surface area contributed by atoms with E-state index < -0.39 is 6.04 Å². The lowest BCUT2D eigenvalue weighted by Crippen LogP contribution is -2.32. The number of carbonyl (C=O) groups is 2. The molecule has 1 aliphatic carbocycles. The van der Waals surface area contributed by atoms with E-state index in [1.165, 1.54) is 6.42 Å². The predicted molar refractivity (Wildman–Crippen MR) is 97.7 cm³/mol. The summed E-state index contributed by atoms with van der Waals surface area (Å²) >= 11 is 0. The molecule has 1 aromatic carbocycles. The number of carbonyl (C=O) groups excluding carboxylic acids is 2. The lowest BCUT2D eigenvalue weighted by molar-refractivity contribution is -0.120. The molecule has 134 valence electrons. The molecule has 2 rings (SSSR count). The van der Waals surface area contributed by atoms with Crippen LogP contribution in [0.2, 0.25) is 0 Å². The van der Waals surface area contributed by atoms with Crippen LogP contribution in [0.15, 0.2) is 18.2 Å². The Labute approximate surface area is 148 Å². The molecule has 2 amide bonds. The smallest absolute Gasteiger partial charge is 0.240 e. The standard InChI is InChI=1S/C17H25N3O3.ClH/c1-11(18)16(21)19-13-8-9-15(23-2)14(10-13)20-17(22)12-6-4-3-5-7-12;/h8-12H,3-7,18H2,1-2H3,(H,19,21)(H,20,22);1H/t11-;/m1./s1. The number of halogens is 1. The molecule has 4 N–H and O–H groups in total. The molecule has 1 aliphatic rings. The Bertz CT molecular complexity index is 572. The summed E-state index contributed by atoms with van der Waals surface area (Å²) in [7, 11) is 1.55. The van der Waals surface area contributed by atoms with E-state index >= 15 is 0 Å². The summed E-state index contributed by atoms with van der Waals surface area (Å²) in [5.74, 6) is 0.349. The largest absolute Gasteiger partial charge is 0.495 e. The second-order valence-electron chi connectivity index (χ2n) is 6.02. The summed E-state index contributed by atoms with van der Waals surface area (Å²) in [4.78, 5) is 24.1. The Balaban J connectivity index is 0.00000288. The highest BCUT2D eigenvalue weighted by molar-refractivity contribution is 5.97. The average Bonchev–Trinajstić information content (AvgIpc) is 2.55. The fourth-order valence-electron chi connectivity index (χ4n) is 2.74. The van der Waals surface area contributed by atoms with Gasteiger partial charge in [-0.3, -0.25) is 9.59 Å². The summed E-state index contributed by atoms with van der Waals surface area (Å²) in [6.45, 7) is 1.62. The number of rotatable bonds is 5. The van der Waals surface area contributed by atoms with E-state index in [0.29, 0.717) is 17.1 Å². The van der Waals surface area contributed by atoms with Crippen LogP contribution >= 0.6 is 12.4 Å². The molecule has 1 atom stereocenters. The number of hydrogen-bond donors (Lipinski definition) is 3. The fraction of sp³-hybridized carbons (Fsp3) is 0.529. The highest BCUT2D eigenvalue weighted by Crippen LogP contribution is 2.30. The molecule has 1 saturated carbocycles. The molecule has 0 radical (unpaired) electrons. The summed E-state index contributed by atoms with van der Waals surface area (Å²) in [5.41, 5.74) is 6.69. The van der Waals surface area contributed by atoms with Gasteiger partial charge in [-0.05, 0) is 38.0 Å². The topological polar surface area (TPSA) is 93.4 Å². The number of benzene rings is 1. The van der Waals surface area contributed by atoms with E-state index in [0.717, 1.165) is 25.7 Å². The Morgan fingerprint density at radius 3 is 2.46 bits per heavy atom. The number of anilines is 2. The van der Waals surface area contributed by atoms with Crippen LogP contribution in [0.25, 0.3) is 0 Å². The lowest BCUT2D eigenvalue weighted by Gasteiger charge is -2.21. The molecule has 6 nitrogen and oxygen atoms in total. The molecule has 0 spiro atoms. The number of nitrogens with one attached hydrogen (secondary N) is 2. The quantitative estimate of drug-likeness (QED) is 0.757. The average molecular weight is 356 g/mol. The van der Waals surface area contributed by atoms with Crippen LogP contribution in [-0.4, -0.2) is 25.0 Å². The second kappa shape index (κ2) is 9.49. The van der Waals surface area contributed by atoms with E-state index in [9.17, 15) is 9.59 Å². The van der Waals surface area contributed by atoms with Crippen LogP contribution in [0.4, 0.5) is 11.4 Å². The van der Waals surface area contributed by atoms with Crippen LogP contribution in [0.5, 0.6) is 5.75 Å². The van der Waals surface area contributed by atoms with E-state index in [1.54, 1.807) is 32.2 Å². The van der Waals surface area contributed by atoms with Gasteiger partial charge >= 0.3 is 0 Å². The molecule has 1 aromatic rings. The highest BCUT2D eigenvalue weighted by Gasteiger charge is 2.22. The van der Waals surface area contributed by atoms with Crippen molar-refractivity contribution in [2.24, 2.45) is 11.7 Å². The summed E-state index contributed by atoms with van der Waals surface area (Å²) in [6.07, 6.45) is 5.25. The minimum Gasteiger partial charge on any atom is -0.495 e. The summed E-state index contributed by atoms with van der Waals surface area (Å²) in [6, 6.07) is 4.53. The maximum Gasteiger partial charge on any atom is 0.240 e. The Hall–Kier alpha value is -1.79. The molecular formula is C17H26ClN3O3. The van der Waals surface area contributed by atoms with Gasteiger partial charge in [-0.25, -0.2) is 0 Å². The van der Waals surface area contributed by atoms with Gasteiger partial charge in [-0.15, -0.1) is 12.4 Å². The summed E-state index contributed by atoms with van der Waals surface area (Å²) in [5, 5.41) is 5.64. The van der Waals surface area contributed by atoms with Crippen molar-refractivity contribution < 1.29 is 14.3 Å². The Morgan fingerprint density at radius 1 is 1.21 bits per heavy atom. The zero-order valence-corrected chi connectivity index (χ0v) is 14.9. The van der Waals surface area contributed by atoms with Crippen LogP contribution in [0.1, 0.15) is 39.0 Å². The fourth-order valence-corrected chi connectivity index (χ4v) is 2.74. The van der Waals surface area contributed by atoms with E-state index in [1.807, 2.05) is 0 Å². The van der Waals surface area contributed by atoms with Crippen LogP contribution in [-0.2, 0) is 9.59 Å². The SMILES string of the molecule is COc1ccc(NC(=O)[C@@H](C)N)cc1NC(=O)C1CCCCC1.Cl. The molecule has 0 heterocycles. The van der Waals surface area contributed by atoms with E-state index in [-0.39, 0.29) is 30.1 Å². The molecular weight excluding hydrogens is 330 g/mol. The van der Waals surface area contributed by atoms with Crippen molar-refractivity contribution in [1.82, 2.24) is 0 Å². The molecule has 0 bridgehead atoms. The first-order valence-corrected chi connectivity index (χ1v) is 8.06. The minimum atomic E-state index is -0.600. The molecule has 0 unspecified atom stereocenters. The van der Waals surface area contributed by atoms with Gasteiger partial charge in [-0.2, -0.15) is 0 Å². The molecule has 0 saturated heterocycles. The zero-order chi connectivity index (χ0) is 16.8. The predicted octanol–water partition coefficient (Wildman–Crippen LogP) is 2.92. The van der Waals surface area contributed by atoms with Crippen molar-refractivity contribution in [3.05, 3.63) is 18.2 Å². The molecule has 7 heteroatoms. The van der Waals surface area contributed by atoms with Gasteiger partial charge in [0.05, 0.1) is 18.8 Å². The van der Waals surface area contributed by atoms with Crippen molar-refractivity contribution in [2.75, 3.05) is 17.7 Å². The number of nitrogens with two attached hydrogens (primary N) is 1. The molecule has 1 fully saturated rings. The van der Waals surface area contributed by atoms with E-state index in [4.69, 9.17) is 10.5 Å². The monoisotopic (exact) mass is 355 g/mol. The molecule has 24 heavy (non-hydrogen) atoms. The van der Waals surface area contributed by atoms with E-state index in [2.05, 4.69) is 10.6 Å². The lowest BCUT2D eigenvalue weighted by atomic mass is 9.88. The first kappa shape index (κ1) is 20.3. The third kappa shape index (κ3) is 5.39. The van der Waals surface area contributed by atoms with Crippen LogP contribution in [0.3, 0.4) is 0 Å². The van der Waals surface area contributed by atoms with Crippen molar-refractivity contribution >= 4 is 35.6 Å². The third-order valence-electron chi connectivity index (χ3n) is 4.11. The number of methoxy groups -OCH3 is 1. The van der Waals surface area contributed by atoms with Gasteiger partial charge in [-0.1, -0.05) is 19.3 Å². The van der Waals surface area contributed by atoms with Crippen LogP contribution in [0, 0.1) is 5.92 Å². The number of hydrogen-bond acceptors (Lipinski definition) is 4. The molecule has 0 aliphatic heterocycles. The van der Waals surface area contributed by atoms with Crippen molar-refractivity contribution in [2.45, 2.75) is 45.1 Å². The van der Waals surface area contributed by atoms with Gasteiger partial charge in [0.1, 0.15) is 5.75 Å². The zero-order valence-electron chi connectivity index (χ0n) is 14.1. The maximum absolute atomic E-state index is 12.4. The number of amides is 2. The highest BCUT2D eigenvalue weighted by atomic mass is 35.5. The van der Waals surface area contributed by atoms with Crippen molar-refractivity contribution in [1.29, 1.82) is 0 Å². The number of ether oxygens (including phenoxy) is 1. The first-order valence-electron chi connectivity index (χ1n) is 8.06. The minimum absolute atomic E-state index is 0. The first-order chi connectivity index (χ1) is 11.0. The third-order valence-corrected chi connectivity index (χ3v) is 4.11. The van der Waals surface area contributed by atoms with Crippen LogP contribution < -0.4 is 21.1 Å². The second-order valence-corrected chi connectivity index (χ2v) is 6.02. The maximum atomic E-state index is 12.4. The van der Waals surface area contributed by atoms with Crippen molar-refractivity contribution in [3.8, 4) is 5.75 Å². The Kier molecular flexibility index (Phi) is 8.01. The normalized spacial score (nSPS) is 15.8. The van der Waals surface area contributed by atoms with Gasteiger partial charge in [0, 0.05) is 11.6 Å². The van der Waals surface area contributed by atoms with Gasteiger partial charge in [0.2, 0.25) is 11.8 Å². The Morgan fingerprint density at radius 2 is 1.88 bits per heavy atom. The van der Waals surface area contributed by atoms with Gasteiger partial charge in [0.15, 0.2) is 0 Å². The van der Waals surface area contributed by atoms with Gasteiger partial charge in [0.25, 0.3) is 0 Å². The summed E-state index contributed by atoms with van der Waals surface area (Å²) < 4.78 is 5.29. The van der Waals surface area contributed by atoms with Crippen molar-refractivity contribution in [3.63, 3.8) is 0 Å².